The van der Waals surface area contributed by atoms with E-state index >= 15 is 0 Å². The van der Waals surface area contributed by atoms with Crippen LogP contribution in [0.15, 0.2) is 18.5 Å². The molecule has 1 aromatic heterocycles. The summed E-state index contributed by atoms with van der Waals surface area (Å²) in [6, 6.07) is 2.58. The van der Waals surface area contributed by atoms with E-state index in [1.165, 1.54) is 11.3 Å². The number of hydrogen-bond donors (Lipinski definition) is 1. The lowest BCUT2D eigenvalue weighted by Crippen LogP contribution is -2.46. The number of rotatable bonds is 4. The van der Waals surface area contributed by atoms with Gasteiger partial charge in [-0.25, -0.2) is 0 Å². The first-order valence-corrected chi connectivity index (χ1v) is 7.53. The fourth-order valence-electron chi connectivity index (χ4n) is 2.49. The molecule has 4 heteroatoms. The van der Waals surface area contributed by atoms with Crippen LogP contribution >= 0.6 is 0 Å². The van der Waals surface area contributed by atoms with Gasteiger partial charge in [-0.1, -0.05) is 6.92 Å². The van der Waals surface area contributed by atoms with Gasteiger partial charge in [0.25, 0.3) is 0 Å². The molecule has 2 rings (SSSR count). The minimum Gasteiger partial charge on any atom is -0.377 e. The topological polar surface area (TPSA) is 37.4 Å². The van der Waals surface area contributed by atoms with E-state index in [2.05, 4.69) is 49.0 Å². The van der Waals surface area contributed by atoms with E-state index in [1.54, 1.807) is 0 Å². The third kappa shape index (κ3) is 3.93. The van der Waals surface area contributed by atoms with Gasteiger partial charge in [-0.15, -0.1) is 0 Å². The Bertz CT molecular complexity index is 428. The van der Waals surface area contributed by atoms with Gasteiger partial charge in [0.05, 0.1) is 31.1 Å². The van der Waals surface area contributed by atoms with Crippen LogP contribution in [0.3, 0.4) is 0 Å². The molecule has 1 atom stereocenters. The predicted molar refractivity (Wildman–Crippen MR) is 83.1 cm³/mol. The highest BCUT2D eigenvalue weighted by Gasteiger charge is 2.24. The SMILES string of the molecule is CCC1COCCN1c1cnccc1CNC(C)(C)C. The maximum absolute atomic E-state index is 5.60. The molecule has 0 bridgehead atoms. The van der Waals surface area contributed by atoms with E-state index < -0.39 is 0 Å². The Morgan fingerprint density at radius 3 is 2.95 bits per heavy atom. The van der Waals surface area contributed by atoms with Crippen LogP contribution in [0.4, 0.5) is 5.69 Å². The van der Waals surface area contributed by atoms with Crippen molar-refractivity contribution in [3.8, 4) is 0 Å². The molecular weight excluding hydrogens is 250 g/mol. The minimum atomic E-state index is 0.121. The number of morpholine rings is 1. The van der Waals surface area contributed by atoms with Crippen molar-refractivity contribution in [3.05, 3.63) is 24.0 Å². The van der Waals surface area contributed by atoms with E-state index in [4.69, 9.17) is 4.74 Å². The lowest BCUT2D eigenvalue weighted by atomic mass is 10.1. The Morgan fingerprint density at radius 2 is 2.25 bits per heavy atom. The highest BCUT2D eigenvalue weighted by atomic mass is 16.5. The Hall–Kier alpha value is -1.13. The molecule has 1 aliphatic heterocycles. The third-order valence-electron chi connectivity index (χ3n) is 3.70. The summed E-state index contributed by atoms with van der Waals surface area (Å²) >= 11 is 0. The number of pyridine rings is 1. The maximum atomic E-state index is 5.60. The summed E-state index contributed by atoms with van der Waals surface area (Å²) in [5.41, 5.74) is 2.69. The quantitative estimate of drug-likeness (QED) is 0.918. The summed E-state index contributed by atoms with van der Waals surface area (Å²) in [5, 5.41) is 3.56. The normalized spacial score (nSPS) is 20.2. The second kappa shape index (κ2) is 6.55. The molecule has 4 nitrogen and oxygen atoms in total. The summed E-state index contributed by atoms with van der Waals surface area (Å²) in [7, 11) is 0. The van der Waals surface area contributed by atoms with Crippen molar-refractivity contribution in [2.24, 2.45) is 0 Å². The van der Waals surface area contributed by atoms with Crippen molar-refractivity contribution in [1.82, 2.24) is 10.3 Å². The van der Waals surface area contributed by atoms with Gasteiger partial charge in [0.2, 0.25) is 0 Å². The van der Waals surface area contributed by atoms with Crippen LogP contribution in [-0.4, -0.2) is 36.3 Å². The van der Waals surface area contributed by atoms with Crippen molar-refractivity contribution in [2.45, 2.75) is 52.2 Å². The summed E-state index contributed by atoms with van der Waals surface area (Å²) in [4.78, 5) is 6.78. The van der Waals surface area contributed by atoms with Gasteiger partial charge in [-0.3, -0.25) is 4.98 Å². The van der Waals surface area contributed by atoms with E-state index in [-0.39, 0.29) is 5.54 Å². The minimum absolute atomic E-state index is 0.121. The van der Waals surface area contributed by atoms with Gasteiger partial charge in [0.1, 0.15) is 0 Å². The molecule has 1 fully saturated rings. The van der Waals surface area contributed by atoms with Crippen LogP contribution in [0, 0.1) is 0 Å². The van der Waals surface area contributed by atoms with E-state index in [0.717, 1.165) is 32.7 Å². The zero-order valence-corrected chi connectivity index (χ0v) is 13.1. The Kier molecular flexibility index (Phi) is 5.00. The van der Waals surface area contributed by atoms with Crippen molar-refractivity contribution < 1.29 is 4.74 Å². The smallest absolute Gasteiger partial charge is 0.0670 e. The molecule has 0 aromatic carbocycles. The van der Waals surface area contributed by atoms with Crippen LogP contribution in [-0.2, 0) is 11.3 Å². The number of aromatic nitrogens is 1. The number of ether oxygens (including phenoxy) is 1. The van der Waals surface area contributed by atoms with Gasteiger partial charge in [0.15, 0.2) is 0 Å². The molecule has 20 heavy (non-hydrogen) atoms. The molecule has 2 heterocycles. The van der Waals surface area contributed by atoms with E-state index in [9.17, 15) is 0 Å². The molecule has 0 aliphatic carbocycles. The zero-order chi connectivity index (χ0) is 14.6. The first-order valence-electron chi connectivity index (χ1n) is 7.53. The van der Waals surface area contributed by atoms with Crippen molar-refractivity contribution >= 4 is 5.69 Å². The number of nitrogens with one attached hydrogen (secondary N) is 1. The highest BCUT2D eigenvalue weighted by Crippen LogP contribution is 2.25. The molecule has 0 radical (unpaired) electrons. The Balaban J connectivity index is 2.18. The monoisotopic (exact) mass is 277 g/mol. The van der Waals surface area contributed by atoms with Crippen LogP contribution < -0.4 is 10.2 Å². The highest BCUT2D eigenvalue weighted by molar-refractivity contribution is 5.53. The van der Waals surface area contributed by atoms with Gasteiger partial charge < -0.3 is 15.0 Å². The second-order valence-corrected chi connectivity index (χ2v) is 6.44. The van der Waals surface area contributed by atoms with E-state index in [1.807, 2.05) is 12.4 Å². The number of hydrogen-bond acceptors (Lipinski definition) is 4. The lowest BCUT2D eigenvalue weighted by Gasteiger charge is -2.38. The molecular formula is C16H27N3O. The van der Waals surface area contributed by atoms with E-state index in [0.29, 0.717) is 6.04 Å². The second-order valence-electron chi connectivity index (χ2n) is 6.44. The lowest BCUT2D eigenvalue weighted by molar-refractivity contribution is 0.0928. The van der Waals surface area contributed by atoms with Crippen molar-refractivity contribution in [3.63, 3.8) is 0 Å². The summed E-state index contributed by atoms with van der Waals surface area (Å²) in [5.74, 6) is 0. The van der Waals surface area contributed by atoms with Crippen LogP contribution in [0.1, 0.15) is 39.7 Å². The Labute approximate surface area is 122 Å². The summed E-state index contributed by atoms with van der Waals surface area (Å²) in [6.07, 6.45) is 4.97. The predicted octanol–water partition coefficient (Wildman–Crippen LogP) is 2.58. The van der Waals surface area contributed by atoms with Gasteiger partial charge in [0, 0.05) is 24.8 Å². The third-order valence-corrected chi connectivity index (χ3v) is 3.70. The molecule has 1 unspecified atom stereocenters. The van der Waals surface area contributed by atoms with Gasteiger partial charge >= 0.3 is 0 Å². The molecule has 0 saturated carbocycles. The van der Waals surface area contributed by atoms with Crippen LogP contribution in [0.5, 0.6) is 0 Å². The fourth-order valence-corrected chi connectivity index (χ4v) is 2.49. The molecule has 112 valence electrons. The summed E-state index contributed by atoms with van der Waals surface area (Å²) in [6.45, 7) is 12.2. The van der Waals surface area contributed by atoms with Crippen LogP contribution in [0.2, 0.25) is 0 Å². The van der Waals surface area contributed by atoms with Gasteiger partial charge in [-0.2, -0.15) is 0 Å². The molecule has 0 amide bonds. The van der Waals surface area contributed by atoms with Crippen molar-refractivity contribution in [2.75, 3.05) is 24.7 Å². The summed E-state index contributed by atoms with van der Waals surface area (Å²) < 4.78 is 5.60. The first-order chi connectivity index (χ1) is 9.51. The molecule has 1 N–H and O–H groups in total. The molecule has 1 aromatic rings. The Morgan fingerprint density at radius 1 is 1.45 bits per heavy atom. The zero-order valence-electron chi connectivity index (χ0n) is 13.1. The van der Waals surface area contributed by atoms with Gasteiger partial charge in [-0.05, 0) is 38.8 Å². The fraction of sp³-hybridized carbons (Fsp3) is 0.688. The van der Waals surface area contributed by atoms with Crippen LogP contribution in [0.25, 0.3) is 0 Å². The van der Waals surface area contributed by atoms with Crippen molar-refractivity contribution in [1.29, 1.82) is 0 Å². The average Bonchev–Trinajstić information content (AvgIpc) is 2.44. The maximum Gasteiger partial charge on any atom is 0.0670 e. The first kappa shape index (κ1) is 15.3. The molecule has 0 spiro atoms. The average molecular weight is 277 g/mol. The molecule has 1 saturated heterocycles. The number of anilines is 1. The largest absolute Gasteiger partial charge is 0.377 e. The standard InChI is InChI=1S/C16H27N3O/c1-5-14-12-20-9-8-19(14)15-11-17-7-6-13(15)10-18-16(2,3)4/h6-7,11,14,18H,5,8-10,12H2,1-4H3. The number of nitrogens with zero attached hydrogens (tertiary/aromatic N) is 2. The molecule has 1 aliphatic rings.